The standard InChI is InChI=1S/C18H20N2Te2/c1-19(2)15-5-9-17(10-6-15)21-13-14-22-18-11-7-16(8-12-18)20(3)4/h5-12H,1-4H3. The molecular weight excluding hydrogens is 499 g/mol. The Kier molecular flexibility index (Phi) is 6.95. The van der Waals surface area contributed by atoms with Gasteiger partial charge in [-0.15, -0.1) is 0 Å². The van der Waals surface area contributed by atoms with E-state index in [1.165, 1.54) is 18.6 Å². The summed E-state index contributed by atoms with van der Waals surface area (Å²) in [4.78, 5) is 4.25. The third-order valence-corrected chi connectivity index (χ3v) is 8.40. The zero-order chi connectivity index (χ0) is 15.9. The van der Waals surface area contributed by atoms with Crippen LogP contribution in [0.4, 0.5) is 11.4 Å². The molecule has 0 unspecified atom stereocenters. The van der Waals surface area contributed by atoms with Crippen molar-refractivity contribution in [1.29, 1.82) is 0 Å². The van der Waals surface area contributed by atoms with Gasteiger partial charge in [-0.05, 0) is 0 Å². The van der Waals surface area contributed by atoms with E-state index in [9.17, 15) is 0 Å². The van der Waals surface area contributed by atoms with Crippen molar-refractivity contribution >= 4 is 60.4 Å². The van der Waals surface area contributed by atoms with Crippen LogP contribution in [0.2, 0.25) is 0 Å². The monoisotopic (exact) mass is 524 g/mol. The van der Waals surface area contributed by atoms with Gasteiger partial charge in [-0.1, -0.05) is 0 Å². The van der Waals surface area contributed by atoms with Crippen LogP contribution < -0.4 is 17.0 Å². The number of anilines is 2. The van der Waals surface area contributed by atoms with Crippen LogP contribution in [0.1, 0.15) is 0 Å². The SMILES string of the molecule is CN(C)c1ccc([Te]C#C[Te]c2ccc(N(C)C)cc2)cc1. The predicted octanol–water partition coefficient (Wildman–Crippen LogP) is 1.10. The fourth-order valence-electron chi connectivity index (χ4n) is 1.78. The first-order valence-electron chi connectivity index (χ1n) is 6.95. The molecule has 114 valence electrons. The Hall–Kier alpha value is -0.821. The van der Waals surface area contributed by atoms with Crippen molar-refractivity contribution in [3.63, 3.8) is 0 Å². The molecule has 0 N–H and O–H groups in total. The van der Waals surface area contributed by atoms with Crippen LogP contribution in [0, 0.1) is 7.94 Å². The average Bonchev–Trinajstić information content (AvgIpc) is 2.52. The Balaban J connectivity index is 1.88. The quantitative estimate of drug-likeness (QED) is 0.441. The maximum atomic E-state index is 3.45. The van der Waals surface area contributed by atoms with Gasteiger partial charge in [-0.3, -0.25) is 0 Å². The third-order valence-electron chi connectivity index (χ3n) is 3.09. The second-order valence-corrected chi connectivity index (χ2v) is 10.2. The zero-order valence-electron chi connectivity index (χ0n) is 13.3. The molecule has 0 aromatic heterocycles. The Morgan fingerprint density at radius 1 is 0.591 bits per heavy atom. The second kappa shape index (κ2) is 8.72. The molecule has 2 rings (SSSR count). The summed E-state index contributed by atoms with van der Waals surface area (Å²) in [6.07, 6.45) is 0. The minimum atomic E-state index is -0.362. The Morgan fingerprint density at radius 2 is 0.909 bits per heavy atom. The van der Waals surface area contributed by atoms with E-state index < -0.39 is 0 Å². The molecule has 22 heavy (non-hydrogen) atoms. The summed E-state index contributed by atoms with van der Waals surface area (Å²) in [5.74, 6) is 0. The van der Waals surface area contributed by atoms with Gasteiger partial charge in [0.1, 0.15) is 0 Å². The maximum absolute atomic E-state index is 3.45. The van der Waals surface area contributed by atoms with Crippen molar-refractivity contribution in [2.45, 2.75) is 0 Å². The molecule has 0 aliphatic heterocycles. The fourth-order valence-corrected chi connectivity index (χ4v) is 5.84. The van der Waals surface area contributed by atoms with E-state index in [-0.39, 0.29) is 41.8 Å². The van der Waals surface area contributed by atoms with Crippen LogP contribution in [-0.4, -0.2) is 70.0 Å². The van der Waals surface area contributed by atoms with Gasteiger partial charge in [0.25, 0.3) is 0 Å². The molecule has 0 heterocycles. The normalized spacial score (nSPS) is 9.82. The summed E-state index contributed by atoms with van der Waals surface area (Å²) < 4.78 is 9.73. The van der Waals surface area contributed by atoms with Crippen molar-refractivity contribution in [2.24, 2.45) is 0 Å². The summed E-state index contributed by atoms with van der Waals surface area (Å²) in [7, 11) is 8.27. The molecule has 2 aromatic carbocycles. The summed E-state index contributed by atoms with van der Waals surface area (Å²) in [6.45, 7) is 0. The van der Waals surface area contributed by atoms with Gasteiger partial charge >= 0.3 is 155 Å². The molecule has 0 amide bonds. The zero-order valence-corrected chi connectivity index (χ0v) is 18.0. The van der Waals surface area contributed by atoms with Gasteiger partial charge in [-0.25, -0.2) is 0 Å². The molecule has 0 spiro atoms. The van der Waals surface area contributed by atoms with Gasteiger partial charge in [-0.2, -0.15) is 0 Å². The Labute approximate surface area is 154 Å². The van der Waals surface area contributed by atoms with Gasteiger partial charge in [0.15, 0.2) is 0 Å². The summed E-state index contributed by atoms with van der Waals surface area (Å²) in [6, 6.07) is 17.6. The third kappa shape index (κ3) is 5.43. The van der Waals surface area contributed by atoms with Gasteiger partial charge in [0.2, 0.25) is 0 Å². The first kappa shape index (κ1) is 17.5. The van der Waals surface area contributed by atoms with Crippen molar-refractivity contribution in [3.8, 4) is 7.94 Å². The number of nitrogens with zero attached hydrogens (tertiary/aromatic N) is 2. The summed E-state index contributed by atoms with van der Waals surface area (Å²) >= 11 is -0.723. The molecule has 2 nitrogen and oxygen atoms in total. The van der Waals surface area contributed by atoms with E-state index in [4.69, 9.17) is 0 Å². The van der Waals surface area contributed by atoms with Crippen LogP contribution in [-0.2, 0) is 0 Å². The second-order valence-electron chi connectivity index (χ2n) is 5.18. The molecule has 0 aliphatic rings. The average molecular weight is 520 g/mol. The van der Waals surface area contributed by atoms with Crippen LogP contribution in [0.25, 0.3) is 0 Å². The molecule has 0 bridgehead atoms. The van der Waals surface area contributed by atoms with Crippen LogP contribution in [0.5, 0.6) is 0 Å². The number of benzene rings is 2. The van der Waals surface area contributed by atoms with E-state index in [2.05, 4.69) is 94.5 Å². The molecule has 2 aromatic rings. The molecule has 4 heteroatoms. The topological polar surface area (TPSA) is 6.48 Å². The number of hydrogen-bond donors (Lipinski definition) is 0. The van der Waals surface area contributed by atoms with Crippen molar-refractivity contribution in [1.82, 2.24) is 0 Å². The first-order valence-corrected chi connectivity index (χ1v) is 11.6. The molecule has 0 aliphatic carbocycles. The molecule has 0 atom stereocenters. The number of hydrogen-bond acceptors (Lipinski definition) is 2. The summed E-state index contributed by atoms with van der Waals surface area (Å²) in [5.41, 5.74) is 2.50. The predicted molar refractivity (Wildman–Crippen MR) is 100 cm³/mol. The van der Waals surface area contributed by atoms with Crippen LogP contribution in [0.15, 0.2) is 48.5 Å². The first-order chi connectivity index (χ1) is 10.6. The van der Waals surface area contributed by atoms with Gasteiger partial charge in [0.05, 0.1) is 0 Å². The molecule has 0 saturated carbocycles. The fraction of sp³-hybridized carbons (Fsp3) is 0.222. The Morgan fingerprint density at radius 3 is 1.18 bits per heavy atom. The summed E-state index contributed by atoms with van der Waals surface area (Å²) in [5, 5.41) is 0. The van der Waals surface area contributed by atoms with Crippen molar-refractivity contribution < 1.29 is 0 Å². The van der Waals surface area contributed by atoms with E-state index in [1.54, 1.807) is 0 Å². The Bertz CT molecular complexity index is 593. The van der Waals surface area contributed by atoms with E-state index in [0.29, 0.717) is 0 Å². The molecular formula is C18H20N2Te2. The van der Waals surface area contributed by atoms with E-state index in [0.717, 1.165) is 0 Å². The molecule has 0 saturated heterocycles. The van der Waals surface area contributed by atoms with Crippen LogP contribution in [0.3, 0.4) is 0 Å². The van der Waals surface area contributed by atoms with Gasteiger partial charge in [0, 0.05) is 0 Å². The van der Waals surface area contributed by atoms with E-state index in [1.807, 2.05) is 0 Å². The van der Waals surface area contributed by atoms with Gasteiger partial charge < -0.3 is 0 Å². The number of rotatable bonds is 4. The minimum absolute atomic E-state index is 0.362. The van der Waals surface area contributed by atoms with Crippen molar-refractivity contribution in [3.05, 3.63) is 48.5 Å². The molecule has 0 fully saturated rings. The van der Waals surface area contributed by atoms with E-state index >= 15 is 0 Å². The van der Waals surface area contributed by atoms with Crippen molar-refractivity contribution in [2.75, 3.05) is 38.0 Å². The molecule has 0 radical (unpaired) electrons. The van der Waals surface area contributed by atoms with Crippen LogP contribution >= 0.6 is 0 Å².